The van der Waals surface area contributed by atoms with Gasteiger partial charge in [0.15, 0.2) is 0 Å². The topological polar surface area (TPSA) is 117 Å². The minimum atomic E-state index is -3.93. The molecule has 0 saturated carbocycles. The molecule has 3 amide bonds. The van der Waals surface area contributed by atoms with E-state index in [1.165, 1.54) is 0 Å². The summed E-state index contributed by atoms with van der Waals surface area (Å²) < 4.78 is 17.7. The lowest BCUT2D eigenvalue weighted by molar-refractivity contribution is -0.123. The molecule has 1 unspecified atom stereocenters. The van der Waals surface area contributed by atoms with Crippen LogP contribution in [-0.4, -0.2) is 35.3 Å². The Morgan fingerprint density at radius 2 is 1.78 bits per heavy atom. The number of hydrogen-bond acceptors (Lipinski definition) is 4. The maximum Gasteiger partial charge on any atom is 0.347 e. The molecular formula is C17H27BrN3O5P. The van der Waals surface area contributed by atoms with Gasteiger partial charge in [-0.05, 0) is 50.5 Å². The van der Waals surface area contributed by atoms with Crippen LogP contribution in [0.1, 0.15) is 34.1 Å². The van der Waals surface area contributed by atoms with Crippen LogP contribution in [0.4, 0.5) is 10.5 Å². The highest BCUT2D eigenvalue weighted by molar-refractivity contribution is 9.10. The van der Waals surface area contributed by atoms with E-state index in [1.807, 2.05) is 13.8 Å². The van der Waals surface area contributed by atoms with Crippen LogP contribution < -0.4 is 16.0 Å². The van der Waals surface area contributed by atoms with Gasteiger partial charge in [-0.1, -0.05) is 29.8 Å². The smallest absolute Gasteiger partial charge is 0.343 e. The van der Waals surface area contributed by atoms with Crippen molar-refractivity contribution in [3.8, 4) is 0 Å². The highest BCUT2D eigenvalue weighted by Crippen LogP contribution is 2.41. The summed E-state index contributed by atoms with van der Waals surface area (Å²) >= 11 is 3.31. The van der Waals surface area contributed by atoms with Gasteiger partial charge < -0.3 is 25.4 Å². The second-order valence-corrected chi connectivity index (χ2v) is 9.50. The molecule has 0 aliphatic heterocycles. The van der Waals surface area contributed by atoms with Crippen LogP contribution >= 0.6 is 23.5 Å². The third-order valence-electron chi connectivity index (χ3n) is 3.26. The molecule has 10 heteroatoms. The molecule has 0 radical (unpaired) electrons. The van der Waals surface area contributed by atoms with E-state index >= 15 is 0 Å². The lowest BCUT2D eigenvalue weighted by atomic mass is 10.0. The first-order valence-corrected chi connectivity index (χ1v) is 11.1. The molecular weight excluding hydrogens is 437 g/mol. The summed E-state index contributed by atoms with van der Waals surface area (Å²) in [7, 11) is -3.93. The molecule has 1 aromatic rings. The maximum atomic E-state index is 12.4. The Bertz CT molecular complexity index is 682. The third kappa shape index (κ3) is 9.91. The molecule has 0 aliphatic carbocycles. The second kappa shape index (κ2) is 10.8. The molecule has 0 bridgehead atoms. The van der Waals surface area contributed by atoms with Crippen molar-refractivity contribution in [1.82, 2.24) is 10.6 Å². The van der Waals surface area contributed by atoms with Crippen LogP contribution in [0.15, 0.2) is 28.7 Å². The van der Waals surface area contributed by atoms with Crippen LogP contribution in [0.5, 0.6) is 0 Å². The van der Waals surface area contributed by atoms with Crippen molar-refractivity contribution in [3.05, 3.63) is 28.7 Å². The zero-order valence-corrected chi connectivity index (χ0v) is 18.3. The average Bonchev–Trinajstić information content (AvgIpc) is 2.52. The number of hydrogen-bond donors (Lipinski definition) is 4. The summed E-state index contributed by atoms with van der Waals surface area (Å²) in [6, 6.07) is 5.60. The van der Waals surface area contributed by atoms with Crippen LogP contribution in [-0.2, 0) is 13.9 Å². The minimum Gasteiger partial charge on any atom is -0.343 e. The van der Waals surface area contributed by atoms with Gasteiger partial charge in [0, 0.05) is 10.2 Å². The van der Waals surface area contributed by atoms with Crippen molar-refractivity contribution in [2.75, 3.05) is 11.6 Å². The van der Waals surface area contributed by atoms with Gasteiger partial charge in [-0.25, -0.2) is 4.79 Å². The summed E-state index contributed by atoms with van der Waals surface area (Å²) in [5.41, 5.74) is 0.574. The molecule has 1 rings (SSSR count). The van der Waals surface area contributed by atoms with Gasteiger partial charge in [0.1, 0.15) is 12.3 Å². The van der Waals surface area contributed by atoms with E-state index in [2.05, 4.69) is 31.9 Å². The fraction of sp³-hybridized carbons (Fsp3) is 0.529. The molecule has 152 valence electrons. The van der Waals surface area contributed by atoms with Crippen molar-refractivity contribution in [1.29, 1.82) is 0 Å². The molecule has 0 spiro atoms. The molecule has 0 aliphatic rings. The zero-order valence-electron chi connectivity index (χ0n) is 15.9. The van der Waals surface area contributed by atoms with Gasteiger partial charge in [0.25, 0.3) is 0 Å². The highest BCUT2D eigenvalue weighted by atomic mass is 79.9. The molecule has 0 heterocycles. The Balaban J connectivity index is 2.67. The summed E-state index contributed by atoms with van der Waals surface area (Å²) in [6.07, 6.45) is -0.589. The van der Waals surface area contributed by atoms with Crippen molar-refractivity contribution in [2.45, 2.75) is 46.3 Å². The van der Waals surface area contributed by atoms with Crippen LogP contribution in [0.2, 0.25) is 0 Å². The summed E-state index contributed by atoms with van der Waals surface area (Å²) in [4.78, 5) is 34.3. The molecule has 2 atom stereocenters. The highest BCUT2D eigenvalue weighted by Gasteiger charge is 2.26. The minimum absolute atomic E-state index is 0.126. The van der Waals surface area contributed by atoms with Crippen molar-refractivity contribution in [2.24, 2.45) is 5.92 Å². The molecule has 8 nitrogen and oxygen atoms in total. The average molecular weight is 464 g/mol. The van der Waals surface area contributed by atoms with Crippen LogP contribution in [0.25, 0.3) is 0 Å². The Hall–Kier alpha value is -1.41. The normalized spacial score (nSPS) is 14.5. The van der Waals surface area contributed by atoms with Gasteiger partial charge >= 0.3 is 13.6 Å². The number of rotatable bonds is 9. The maximum absolute atomic E-state index is 12.4. The number of nitrogens with one attached hydrogen (secondary N) is 3. The van der Waals surface area contributed by atoms with Gasteiger partial charge in [0.05, 0.1) is 6.10 Å². The predicted octanol–water partition coefficient (Wildman–Crippen LogP) is 3.67. The summed E-state index contributed by atoms with van der Waals surface area (Å²) in [5, 5.41) is 7.63. The summed E-state index contributed by atoms with van der Waals surface area (Å²) in [6.45, 7) is 7.07. The number of carbonyl (C=O) groups is 2. The van der Waals surface area contributed by atoms with E-state index in [0.717, 1.165) is 4.47 Å². The quantitative estimate of drug-likeness (QED) is 0.416. The first-order chi connectivity index (χ1) is 12.5. The van der Waals surface area contributed by atoms with Gasteiger partial charge in [0.2, 0.25) is 5.91 Å². The number of halogens is 1. The first-order valence-electron chi connectivity index (χ1n) is 8.59. The van der Waals surface area contributed by atoms with Crippen molar-refractivity contribution in [3.63, 3.8) is 0 Å². The van der Waals surface area contributed by atoms with Gasteiger partial charge in [-0.2, -0.15) is 0 Å². The van der Waals surface area contributed by atoms with E-state index in [0.29, 0.717) is 12.1 Å². The zero-order chi connectivity index (χ0) is 20.6. The van der Waals surface area contributed by atoms with Crippen molar-refractivity contribution < 1.29 is 23.6 Å². The van der Waals surface area contributed by atoms with E-state index < -0.39 is 38.0 Å². The largest absolute Gasteiger partial charge is 0.347 e. The third-order valence-corrected chi connectivity index (χ3v) is 5.10. The van der Waals surface area contributed by atoms with Gasteiger partial charge in [-0.15, -0.1) is 0 Å². The molecule has 0 saturated heterocycles. The van der Waals surface area contributed by atoms with Crippen molar-refractivity contribution >= 4 is 41.2 Å². The standard InChI is InChI=1S/C17H27BrN3O5P/c1-11(2)9-15(16(22)19-10-27(24,25)26-12(3)4)21-17(23)20-14-7-5-13(18)6-8-14/h5-8,11-12,15H,9-10H2,1-4H3,(H,19,22)(H,24,25)(H2,20,21,23)/t15-/m0/s1. The fourth-order valence-corrected chi connectivity index (χ4v) is 3.58. The number of urea groups is 1. The van der Waals surface area contributed by atoms with E-state index in [9.17, 15) is 19.0 Å². The second-order valence-electron chi connectivity index (χ2n) is 6.78. The SMILES string of the molecule is CC(C)C[C@H](NC(=O)Nc1ccc(Br)cc1)C(=O)NCP(=O)(O)OC(C)C. The Morgan fingerprint density at radius 3 is 2.30 bits per heavy atom. The van der Waals surface area contributed by atoms with Crippen LogP contribution in [0, 0.1) is 5.92 Å². The molecule has 1 aromatic carbocycles. The number of benzene rings is 1. The van der Waals surface area contributed by atoms with Crippen LogP contribution in [0.3, 0.4) is 0 Å². The lowest BCUT2D eigenvalue weighted by Crippen LogP contribution is -2.49. The molecule has 0 fully saturated rings. The first kappa shape index (κ1) is 23.6. The fourth-order valence-electron chi connectivity index (χ4n) is 2.23. The van der Waals surface area contributed by atoms with Gasteiger partial charge in [-0.3, -0.25) is 9.36 Å². The Morgan fingerprint density at radius 1 is 1.19 bits per heavy atom. The predicted molar refractivity (Wildman–Crippen MR) is 109 cm³/mol. The van der Waals surface area contributed by atoms with E-state index in [1.54, 1.807) is 38.1 Å². The van der Waals surface area contributed by atoms with E-state index in [4.69, 9.17) is 4.52 Å². The monoisotopic (exact) mass is 463 g/mol. The number of anilines is 1. The van der Waals surface area contributed by atoms with E-state index in [-0.39, 0.29) is 5.92 Å². The Kier molecular flexibility index (Phi) is 9.45. The molecule has 4 N–H and O–H groups in total. The summed E-state index contributed by atoms with van der Waals surface area (Å²) in [5.74, 6) is -0.419. The number of carbonyl (C=O) groups excluding carboxylic acids is 2. The number of amides is 3. The molecule has 27 heavy (non-hydrogen) atoms. The lowest BCUT2D eigenvalue weighted by Gasteiger charge is -2.22. The Labute approximate surface area is 168 Å². The molecule has 0 aromatic heterocycles.